The zero-order valence-electron chi connectivity index (χ0n) is 15.1. The Balaban J connectivity index is 2.08. The molecule has 3 rings (SSSR count). The number of benzene rings is 1. The van der Waals surface area contributed by atoms with Gasteiger partial charge in [-0.3, -0.25) is 14.7 Å². The number of carbonyl (C=O) groups excluding carboxylic acids is 1. The van der Waals surface area contributed by atoms with Crippen molar-refractivity contribution < 1.29 is 4.79 Å². The molecule has 2 aromatic rings. The van der Waals surface area contributed by atoms with Crippen molar-refractivity contribution in [2.75, 3.05) is 11.4 Å². The lowest BCUT2D eigenvalue weighted by Gasteiger charge is -2.22. The molecule has 1 aliphatic heterocycles. The van der Waals surface area contributed by atoms with Gasteiger partial charge in [-0.05, 0) is 50.8 Å². The van der Waals surface area contributed by atoms with Crippen LogP contribution in [0.4, 0.5) is 5.00 Å². The van der Waals surface area contributed by atoms with Crippen molar-refractivity contribution in [1.82, 2.24) is 0 Å². The van der Waals surface area contributed by atoms with Gasteiger partial charge in [-0.1, -0.05) is 30.7 Å². The Hall–Kier alpha value is -1.94. The van der Waals surface area contributed by atoms with E-state index in [-0.39, 0.29) is 12.5 Å². The first-order valence-corrected chi connectivity index (χ1v) is 9.24. The van der Waals surface area contributed by atoms with Crippen LogP contribution in [0.5, 0.6) is 0 Å². The third-order valence-electron chi connectivity index (χ3n) is 4.73. The highest BCUT2D eigenvalue weighted by Gasteiger charge is 2.28. The minimum atomic E-state index is 0.0805. The number of aliphatic imine (C=N–C) groups is 1. The van der Waals surface area contributed by atoms with Crippen LogP contribution in [0.25, 0.3) is 0 Å². The van der Waals surface area contributed by atoms with Gasteiger partial charge in [0.05, 0.1) is 6.54 Å². The molecule has 0 aliphatic carbocycles. The van der Waals surface area contributed by atoms with E-state index in [1.54, 1.807) is 11.3 Å². The van der Waals surface area contributed by atoms with Crippen molar-refractivity contribution in [2.24, 2.45) is 4.99 Å². The molecule has 126 valence electrons. The molecular formula is C20H24N2OS. The van der Waals surface area contributed by atoms with E-state index in [1.165, 1.54) is 32.7 Å². The average molecular weight is 340 g/mol. The fourth-order valence-corrected chi connectivity index (χ4v) is 4.68. The SMILES string of the molecule is CCc1c(C)sc2c1C(C)=NCC(=O)N2Cc1ccc(C)cc1C. The van der Waals surface area contributed by atoms with Gasteiger partial charge >= 0.3 is 0 Å². The van der Waals surface area contributed by atoms with Crippen LogP contribution < -0.4 is 4.90 Å². The van der Waals surface area contributed by atoms with Crippen LogP contribution in [0.2, 0.25) is 0 Å². The molecule has 1 aliphatic rings. The maximum absolute atomic E-state index is 12.7. The molecule has 4 heteroatoms. The van der Waals surface area contributed by atoms with Gasteiger partial charge in [-0.25, -0.2) is 0 Å². The molecular weight excluding hydrogens is 316 g/mol. The summed E-state index contributed by atoms with van der Waals surface area (Å²) in [5, 5.41) is 1.06. The van der Waals surface area contributed by atoms with Crippen LogP contribution in [-0.2, 0) is 17.8 Å². The standard InChI is InChI=1S/C20H24N2OS/c1-6-17-15(5)24-20-19(17)14(4)21-10-18(23)22(20)11-16-8-7-12(2)9-13(16)3/h7-9H,6,10-11H2,1-5H3. The predicted molar refractivity (Wildman–Crippen MR) is 103 cm³/mol. The highest BCUT2D eigenvalue weighted by molar-refractivity contribution is 7.17. The van der Waals surface area contributed by atoms with Crippen LogP contribution in [0.15, 0.2) is 23.2 Å². The van der Waals surface area contributed by atoms with Gasteiger partial charge in [0.15, 0.2) is 0 Å². The van der Waals surface area contributed by atoms with E-state index in [0.29, 0.717) is 6.54 Å². The second-order valence-electron chi connectivity index (χ2n) is 6.48. The van der Waals surface area contributed by atoms with Crippen molar-refractivity contribution in [3.8, 4) is 0 Å². The monoisotopic (exact) mass is 340 g/mol. The number of fused-ring (bicyclic) bond motifs is 1. The Morgan fingerprint density at radius 1 is 1.21 bits per heavy atom. The number of amides is 1. The van der Waals surface area contributed by atoms with Gasteiger partial charge in [0.25, 0.3) is 0 Å². The zero-order valence-corrected chi connectivity index (χ0v) is 15.9. The fraction of sp³-hybridized carbons (Fsp3) is 0.400. The molecule has 0 fully saturated rings. The summed E-state index contributed by atoms with van der Waals surface area (Å²) < 4.78 is 0. The number of thiophene rings is 1. The summed E-state index contributed by atoms with van der Waals surface area (Å²) in [6, 6.07) is 6.43. The molecule has 3 nitrogen and oxygen atoms in total. The molecule has 0 spiro atoms. The topological polar surface area (TPSA) is 32.7 Å². The van der Waals surface area contributed by atoms with E-state index in [9.17, 15) is 4.79 Å². The molecule has 24 heavy (non-hydrogen) atoms. The molecule has 0 bridgehead atoms. The van der Waals surface area contributed by atoms with E-state index in [0.717, 1.165) is 17.1 Å². The number of hydrogen-bond acceptors (Lipinski definition) is 3. The lowest BCUT2D eigenvalue weighted by atomic mass is 10.0. The summed E-state index contributed by atoms with van der Waals surface area (Å²) in [7, 11) is 0. The van der Waals surface area contributed by atoms with Crippen LogP contribution in [0.3, 0.4) is 0 Å². The Bertz CT molecular complexity index is 832. The van der Waals surface area contributed by atoms with Crippen molar-refractivity contribution in [2.45, 2.75) is 47.6 Å². The zero-order chi connectivity index (χ0) is 17.4. The fourth-order valence-electron chi connectivity index (χ4n) is 3.37. The first kappa shape index (κ1) is 16.9. The summed E-state index contributed by atoms with van der Waals surface area (Å²) in [6.07, 6.45) is 0.968. The molecule has 0 N–H and O–H groups in total. The van der Waals surface area contributed by atoms with E-state index < -0.39 is 0 Å². The van der Waals surface area contributed by atoms with Crippen LogP contribution in [0, 0.1) is 20.8 Å². The number of aryl methyl sites for hydroxylation is 3. The lowest BCUT2D eigenvalue weighted by Crippen LogP contribution is -2.31. The van der Waals surface area contributed by atoms with Crippen molar-refractivity contribution in [1.29, 1.82) is 0 Å². The highest BCUT2D eigenvalue weighted by atomic mass is 32.1. The van der Waals surface area contributed by atoms with Gasteiger partial charge in [-0.15, -0.1) is 11.3 Å². The van der Waals surface area contributed by atoms with Gasteiger partial charge in [0, 0.05) is 16.2 Å². The Morgan fingerprint density at radius 2 is 1.96 bits per heavy atom. The molecule has 2 heterocycles. The lowest BCUT2D eigenvalue weighted by molar-refractivity contribution is -0.117. The highest BCUT2D eigenvalue weighted by Crippen LogP contribution is 2.39. The summed E-state index contributed by atoms with van der Waals surface area (Å²) in [5.41, 5.74) is 7.17. The van der Waals surface area contributed by atoms with E-state index >= 15 is 0 Å². The number of rotatable bonds is 3. The van der Waals surface area contributed by atoms with Crippen LogP contribution in [-0.4, -0.2) is 18.2 Å². The minimum Gasteiger partial charge on any atom is -0.297 e. The second kappa shape index (κ2) is 6.52. The molecule has 0 saturated heterocycles. The minimum absolute atomic E-state index is 0.0805. The number of anilines is 1. The number of carbonyl (C=O) groups is 1. The average Bonchev–Trinajstić information content (AvgIpc) is 2.82. The molecule has 1 aromatic heterocycles. The first-order valence-electron chi connectivity index (χ1n) is 8.42. The summed E-state index contributed by atoms with van der Waals surface area (Å²) in [5.74, 6) is 0.0805. The third-order valence-corrected chi connectivity index (χ3v) is 5.90. The molecule has 0 saturated carbocycles. The van der Waals surface area contributed by atoms with Crippen LogP contribution in [0.1, 0.15) is 46.5 Å². The maximum Gasteiger partial charge on any atom is 0.249 e. The predicted octanol–water partition coefficient (Wildman–Crippen LogP) is 4.59. The van der Waals surface area contributed by atoms with Crippen LogP contribution >= 0.6 is 11.3 Å². The van der Waals surface area contributed by atoms with Crippen molar-refractivity contribution in [3.05, 3.63) is 50.9 Å². The summed E-state index contributed by atoms with van der Waals surface area (Å²) >= 11 is 1.72. The molecule has 1 aromatic carbocycles. The largest absolute Gasteiger partial charge is 0.297 e. The molecule has 0 radical (unpaired) electrons. The number of hydrogen-bond donors (Lipinski definition) is 0. The quantitative estimate of drug-likeness (QED) is 0.804. The molecule has 0 unspecified atom stereocenters. The van der Waals surface area contributed by atoms with E-state index in [4.69, 9.17) is 0 Å². The molecule has 1 amide bonds. The van der Waals surface area contributed by atoms with Crippen molar-refractivity contribution in [3.63, 3.8) is 0 Å². The van der Waals surface area contributed by atoms with Gasteiger partial charge in [0.2, 0.25) is 5.91 Å². The van der Waals surface area contributed by atoms with Gasteiger partial charge < -0.3 is 0 Å². The smallest absolute Gasteiger partial charge is 0.249 e. The van der Waals surface area contributed by atoms with Gasteiger partial charge in [-0.2, -0.15) is 0 Å². The maximum atomic E-state index is 12.7. The number of nitrogens with zero attached hydrogens (tertiary/aromatic N) is 2. The van der Waals surface area contributed by atoms with Gasteiger partial charge in [0.1, 0.15) is 11.5 Å². The van der Waals surface area contributed by atoms with E-state index in [1.807, 2.05) is 11.8 Å². The third kappa shape index (κ3) is 2.91. The molecule has 0 atom stereocenters. The summed E-state index contributed by atoms with van der Waals surface area (Å²) in [4.78, 5) is 20.5. The normalized spacial score (nSPS) is 14.5. The van der Waals surface area contributed by atoms with Crippen molar-refractivity contribution >= 4 is 28.0 Å². The summed E-state index contributed by atoms with van der Waals surface area (Å²) in [6.45, 7) is 11.4. The van der Waals surface area contributed by atoms with E-state index in [2.05, 4.69) is 50.9 Å². The Morgan fingerprint density at radius 3 is 2.62 bits per heavy atom. The first-order chi connectivity index (χ1) is 11.4. The second-order valence-corrected chi connectivity index (χ2v) is 7.69. The Kier molecular flexibility index (Phi) is 4.59. The Labute approximate surface area is 148 Å².